The first kappa shape index (κ1) is 15.3. The maximum absolute atomic E-state index is 11.5. The summed E-state index contributed by atoms with van der Waals surface area (Å²) in [5.41, 5.74) is 1.12. The van der Waals surface area contributed by atoms with Crippen LogP contribution in [0.15, 0.2) is 36.9 Å². The topological polar surface area (TPSA) is 35.5 Å². The molecule has 0 atom stereocenters. The van der Waals surface area contributed by atoms with E-state index in [1.165, 1.54) is 0 Å². The van der Waals surface area contributed by atoms with Gasteiger partial charge in [-0.25, -0.2) is 0 Å². The summed E-state index contributed by atoms with van der Waals surface area (Å²) in [4.78, 5) is 11.5. The molecule has 19 heavy (non-hydrogen) atoms. The van der Waals surface area contributed by atoms with Crippen LogP contribution in [0.4, 0.5) is 0 Å². The Hall–Kier alpha value is -1.77. The fraction of sp³-hybridized carbons (Fsp3) is 0.438. The molecule has 0 aromatic heterocycles. The average Bonchev–Trinajstić information content (AvgIpc) is 2.45. The van der Waals surface area contributed by atoms with Crippen molar-refractivity contribution in [1.29, 1.82) is 0 Å². The standard InChI is InChI=1S/C16H22O3/c1-3-4-5-6-13-19-16(17)12-9-14-7-10-15(18-2)11-8-14/h3,7-8,10-11H,1,4-6,9,12-13H2,2H3. The van der Waals surface area contributed by atoms with E-state index in [0.717, 1.165) is 30.6 Å². The summed E-state index contributed by atoms with van der Waals surface area (Å²) in [6.07, 6.45) is 5.91. The lowest BCUT2D eigenvalue weighted by Crippen LogP contribution is -2.07. The first-order valence-electron chi connectivity index (χ1n) is 6.65. The molecular formula is C16H22O3. The van der Waals surface area contributed by atoms with E-state index in [1.54, 1.807) is 7.11 Å². The number of rotatable bonds is 9. The molecule has 1 rings (SSSR count). The summed E-state index contributed by atoms with van der Waals surface area (Å²) in [6.45, 7) is 4.16. The maximum Gasteiger partial charge on any atom is 0.306 e. The van der Waals surface area contributed by atoms with E-state index >= 15 is 0 Å². The van der Waals surface area contributed by atoms with Gasteiger partial charge in [-0.2, -0.15) is 0 Å². The minimum absolute atomic E-state index is 0.130. The molecule has 1 aromatic carbocycles. The van der Waals surface area contributed by atoms with Gasteiger partial charge in [0.2, 0.25) is 0 Å². The molecule has 0 unspecified atom stereocenters. The Labute approximate surface area is 115 Å². The third-order valence-corrected chi connectivity index (χ3v) is 2.84. The highest BCUT2D eigenvalue weighted by atomic mass is 16.5. The Bertz CT molecular complexity index is 381. The summed E-state index contributed by atoms with van der Waals surface area (Å²) in [5.74, 6) is 0.697. The van der Waals surface area contributed by atoms with Gasteiger partial charge < -0.3 is 9.47 Å². The van der Waals surface area contributed by atoms with Gasteiger partial charge in [-0.05, 0) is 43.4 Å². The van der Waals surface area contributed by atoms with Crippen molar-refractivity contribution < 1.29 is 14.3 Å². The molecule has 0 saturated carbocycles. The molecule has 1 aromatic rings. The van der Waals surface area contributed by atoms with E-state index in [9.17, 15) is 4.79 Å². The highest BCUT2D eigenvalue weighted by molar-refractivity contribution is 5.69. The molecule has 0 fully saturated rings. The van der Waals surface area contributed by atoms with Crippen LogP contribution >= 0.6 is 0 Å². The molecule has 0 bridgehead atoms. The molecule has 0 heterocycles. The number of carbonyl (C=O) groups is 1. The van der Waals surface area contributed by atoms with Crippen LogP contribution in [0.5, 0.6) is 5.75 Å². The molecule has 0 radical (unpaired) electrons. The zero-order valence-corrected chi connectivity index (χ0v) is 11.6. The van der Waals surface area contributed by atoms with Crippen LogP contribution in [0.25, 0.3) is 0 Å². The SMILES string of the molecule is C=CCCCCOC(=O)CCc1ccc(OC)cc1. The van der Waals surface area contributed by atoms with Gasteiger partial charge in [0.05, 0.1) is 13.7 Å². The van der Waals surface area contributed by atoms with Crippen molar-refractivity contribution in [3.05, 3.63) is 42.5 Å². The van der Waals surface area contributed by atoms with Gasteiger partial charge in [0.15, 0.2) is 0 Å². The van der Waals surface area contributed by atoms with Gasteiger partial charge in [-0.3, -0.25) is 4.79 Å². The minimum Gasteiger partial charge on any atom is -0.497 e. The van der Waals surface area contributed by atoms with E-state index in [2.05, 4.69) is 6.58 Å². The predicted molar refractivity (Wildman–Crippen MR) is 76.3 cm³/mol. The predicted octanol–water partition coefficient (Wildman–Crippen LogP) is 3.53. The minimum atomic E-state index is -0.130. The first-order valence-corrected chi connectivity index (χ1v) is 6.65. The van der Waals surface area contributed by atoms with Crippen molar-refractivity contribution in [2.24, 2.45) is 0 Å². The number of ether oxygens (including phenoxy) is 2. The van der Waals surface area contributed by atoms with Gasteiger partial charge in [0, 0.05) is 6.42 Å². The number of esters is 1. The van der Waals surface area contributed by atoms with E-state index in [1.807, 2.05) is 30.3 Å². The Balaban J connectivity index is 2.16. The second-order valence-corrected chi connectivity index (χ2v) is 4.35. The third kappa shape index (κ3) is 6.65. The number of aryl methyl sites for hydroxylation is 1. The number of carbonyl (C=O) groups excluding carboxylic acids is 1. The van der Waals surface area contributed by atoms with Gasteiger partial charge in [-0.1, -0.05) is 18.2 Å². The number of unbranched alkanes of at least 4 members (excludes halogenated alkanes) is 2. The number of allylic oxidation sites excluding steroid dienone is 1. The summed E-state index contributed by atoms with van der Waals surface area (Å²) >= 11 is 0. The molecule has 0 aliphatic heterocycles. The lowest BCUT2D eigenvalue weighted by molar-refractivity contribution is -0.143. The second-order valence-electron chi connectivity index (χ2n) is 4.35. The molecule has 0 saturated heterocycles. The Morgan fingerprint density at radius 1 is 1.26 bits per heavy atom. The highest BCUT2D eigenvalue weighted by Crippen LogP contribution is 2.12. The summed E-state index contributed by atoms with van der Waals surface area (Å²) in [5, 5.41) is 0. The largest absolute Gasteiger partial charge is 0.497 e. The van der Waals surface area contributed by atoms with Crippen LogP contribution in [-0.4, -0.2) is 19.7 Å². The Morgan fingerprint density at radius 2 is 2.00 bits per heavy atom. The van der Waals surface area contributed by atoms with Crippen molar-refractivity contribution in [1.82, 2.24) is 0 Å². The molecule has 0 aliphatic carbocycles. The van der Waals surface area contributed by atoms with Gasteiger partial charge in [0.25, 0.3) is 0 Å². The smallest absolute Gasteiger partial charge is 0.306 e. The average molecular weight is 262 g/mol. The van der Waals surface area contributed by atoms with E-state index in [4.69, 9.17) is 9.47 Å². The van der Waals surface area contributed by atoms with Crippen LogP contribution in [0, 0.1) is 0 Å². The van der Waals surface area contributed by atoms with Crippen molar-refractivity contribution in [2.45, 2.75) is 32.1 Å². The van der Waals surface area contributed by atoms with Crippen molar-refractivity contribution in [3.63, 3.8) is 0 Å². The van der Waals surface area contributed by atoms with E-state index in [0.29, 0.717) is 19.4 Å². The Kier molecular flexibility index (Phi) is 7.40. The molecule has 0 N–H and O–H groups in total. The van der Waals surface area contributed by atoms with Crippen molar-refractivity contribution in [2.75, 3.05) is 13.7 Å². The van der Waals surface area contributed by atoms with Gasteiger partial charge in [-0.15, -0.1) is 6.58 Å². The van der Waals surface area contributed by atoms with E-state index in [-0.39, 0.29) is 5.97 Å². The summed E-state index contributed by atoms with van der Waals surface area (Å²) < 4.78 is 10.2. The highest BCUT2D eigenvalue weighted by Gasteiger charge is 2.03. The van der Waals surface area contributed by atoms with Crippen LogP contribution in [0.3, 0.4) is 0 Å². The lowest BCUT2D eigenvalue weighted by Gasteiger charge is -2.05. The van der Waals surface area contributed by atoms with Crippen molar-refractivity contribution in [3.8, 4) is 5.75 Å². The van der Waals surface area contributed by atoms with Crippen molar-refractivity contribution >= 4 is 5.97 Å². The number of hydrogen-bond donors (Lipinski definition) is 0. The molecular weight excluding hydrogens is 240 g/mol. The zero-order chi connectivity index (χ0) is 13.9. The van der Waals surface area contributed by atoms with Crippen LogP contribution in [0.2, 0.25) is 0 Å². The van der Waals surface area contributed by atoms with Crippen LogP contribution in [0.1, 0.15) is 31.2 Å². The maximum atomic E-state index is 11.5. The molecule has 3 nitrogen and oxygen atoms in total. The summed E-state index contributed by atoms with van der Waals surface area (Å²) in [6, 6.07) is 7.73. The molecule has 0 aliphatic rings. The first-order chi connectivity index (χ1) is 9.26. The van der Waals surface area contributed by atoms with Crippen LogP contribution in [-0.2, 0) is 16.0 Å². The Morgan fingerprint density at radius 3 is 2.63 bits per heavy atom. The summed E-state index contributed by atoms with van der Waals surface area (Å²) in [7, 11) is 1.64. The quantitative estimate of drug-likeness (QED) is 0.388. The normalized spacial score (nSPS) is 9.95. The molecule has 104 valence electrons. The number of hydrogen-bond acceptors (Lipinski definition) is 3. The number of benzene rings is 1. The van der Waals surface area contributed by atoms with Crippen LogP contribution < -0.4 is 4.74 Å². The monoisotopic (exact) mass is 262 g/mol. The fourth-order valence-corrected chi connectivity index (χ4v) is 1.69. The fourth-order valence-electron chi connectivity index (χ4n) is 1.69. The number of methoxy groups -OCH3 is 1. The molecule has 3 heteroatoms. The van der Waals surface area contributed by atoms with E-state index < -0.39 is 0 Å². The van der Waals surface area contributed by atoms with Gasteiger partial charge >= 0.3 is 5.97 Å². The lowest BCUT2D eigenvalue weighted by atomic mass is 10.1. The molecule has 0 amide bonds. The third-order valence-electron chi connectivity index (χ3n) is 2.84. The second kappa shape index (κ2) is 9.20. The zero-order valence-electron chi connectivity index (χ0n) is 11.6. The van der Waals surface area contributed by atoms with Gasteiger partial charge in [0.1, 0.15) is 5.75 Å². The molecule has 0 spiro atoms.